The third kappa shape index (κ3) is 3.10. The maximum Gasteiger partial charge on any atom is 0.195 e. The lowest BCUT2D eigenvalue weighted by molar-refractivity contribution is -0.0712. The Morgan fingerprint density at radius 1 is 1.04 bits per heavy atom. The number of ketones is 2. The van der Waals surface area contributed by atoms with Crippen LogP contribution in [0.4, 0.5) is 0 Å². The molecule has 0 unspecified atom stereocenters. The molecule has 1 aromatic heterocycles. The van der Waals surface area contributed by atoms with E-state index in [1.165, 1.54) is 38.5 Å². The fraction of sp³-hybridized carbons (Fsp3) is 0.739. The van der Waals surface area contributed by atoms with Crippen molar-refractivity contribution in [3.8, 4) is 0 Å². The molecule has 4 saturated carbocycles. The maximum absolute atomic E-state index is 13.1. The quantitative estimate of drug-likeness (QED) is 0.719. The molecule has 0 saturated heterocycles. The molecule has 0 aliphatic heterocycles. The third-order valence-electron chi connectivity index (χ3n) is 7.93. The molecule has 0 amide bonds. The van der Waals surface area contributed by atoms with Gasteiger partial charge in [0.25, 0.3) is 0 Å². The molecule has 2 atom stereocenters. The van der Waals surface area contributed by atoms with E-state index in [2.05, 4.69) is 17.2 Å². The highest BCUT2D eigenvalue weighted by atomic mass is 16.1. The van der Waals surface area contributed by atoms with Crippen LogP contribution in [0.25, 0.3) is 0 Å². The highest BCUT2D eigenvalue weighted by Crippen LogP contribution is 2.61. The molecule has 0 radical (unpaired) electrons. The number of aromatic nitrogens is 1. The highest BCUT2D eigenvalue weighted by Gasteiger charge is 2.53. The van der Waals surface area contributed by atoms with Crippen molar-refractivity contribution in [3.63, 3.8) is 0 Å². The molecular formula is C23H34N2O2. The molecule has 2 N–H and O–H groups in total. The monoisotopic (exact) mass is 370 g/mol. The van der Waals surface area contributed by atoms with E-state index in [9.17, 15) is 9.59 Å². The number of nitrogens with one attached hydrogen (secondary N) is 2. The van der Waals surface area contributed by atoms with Gasteiger partial charge in [0.15, 0.2) is 11.6 Å². The molecule has 5 rings (SSSR count). The smallest absolute Gasteiger partial charge is 0.195 e. The topological polar surface area (TPSA) is 62.0 Å². The first-order valence-electron chi connectivity index (χ1n) is 10.7. The van der Waals surface area contributed by atoms with Crippen LogP contribution in [0, 0.1) is 37.0 Å². The normalized spacial score (nSPS) is 33.9. The minimum Gasteiger partial charge on any atom is -0.355 e. The molecule has 0 spiro atoms. The van der Waals surface area contributed by atoms with Crippen molar-refractivity contribution in [2.75, 3.05) is 0 Å². The molecule has 4 aliphatic rings. The van der Waals surface area contributed by atoms with Gasteiger partial charge in [0, 0.05) is 17.3 Å². The van der Waals surface area contributed by atoms with Crippen LogP contribution in [0.2, 0.25) is 0 Å². The predicted octanol–water partition coefficient (Wildman–Crippen LogP) is 4.60. The van der Waals surface area contributed by atoms with Crippen LogP contribution < -0.4 is 5.32 Å². The Morgan fingerprint density at radius 2 is 1.56 bits per heavy atom. The number of aryl methyl sites for hydroxylation is 1. The van der Waals surface area contributed by atoms with Crippen molar-refractivity contribution in [1.29, 1.82) is 0 Å². The predicted molar refractivity (Wildman–Crippen MR) is 107 cm³/mol. The molecule has 0 aromatic carbocycles. The van der Waals surface area contributed by atoms with E-state index in [4.69, 9.17) is 0 Å². The first kappa shape index (κ1) is 18.9. The largest absolute Gasteiger partial charge is 0.355 e. The van der Waals surface area contributed by atoms with E-state index < -0.39 is 0 Å². The molecule has 4 heteroatoms. The molecule has 4 nitrogen and oxygen atoms in total. The number of hydrogen-bond donors (Lipinski definition) is 2. The van der Waals surface area contributed by atoms with Crippen molar-refractivity contribution in [1.82, 2.24) is 10.3 Å². The molecule has 4 bridgehead atoms. The van der Waals surface area contributed by atoms with Gasteiger partial charge in [0.1, 0.15) is 0 Å². The zero-order valence-corrected chi connectivity index (χ0v) is 17.4. The zero-order chi connectivity index (χ0) is 19.5. The van der Waals surface area contributed by atoms with Crippen molar-refractivity contribution in [3.05, 3.63) is 22.5 Å². The van der Waals surface area contributed by atoms with E-state index in [1.54, 1.807) is 6.92 Å². The SMILES string of the molecule is CC(=O)c1c(C)[nH]c(C(=O)[C@H](C)N[C@@H](C)C23CC4CC(CC(C4)C2)C3)c1C. The lowest BCUT2D eigenvalue weighted by Crippen LogP contribution is -2.57. The number of aromatic amines is 1. The Labute approximate surface area is 162 Å². The summed E-state index contributed by atoms with van der Waals surface area (Å²) in [6.45, 7) is 9.58. The summed E-state index contributed by atoms with van der Waals surface area (Å²) >= 11 is 0. The molecule has 1 heterocycles. The van der Waals surface area contributed by atoms with Crippen LogP contribution in [-0.4, -0.2) is 28.6 Å². The zero-order valence-electron chi connectivity index (χ0n) is 17.4. The van der Waals surface area contributed by atoms with Gasteiger partial charge < -0.3 is 10.3 Å². The van der Waals surface area contributed by atoms with E-state index in [-0.39, 0.29) is 17.6 Å². The Balaban J connectivity index is 1.49. The number of hydrogen-bond acceptors (Lipinski definition) is 3. The van der Waals surface area contributed by atoms with Crippen molar-refractivity contribution in [2.45, 2.75) is 85.2 Å². The summed E-state index contributed by atoms with van der Waals surface area (Å²) in [6, 6.07) is 0.109. The van der Waals surface area contributed by atoms with Crippen molar-refractivity contribution >= 4 is 11.6 Å². The average Bonchev–Trinajstić information content (AvgIpc) is 2.87. The molecule has 27 heavy (non-hydrogen) atoms. The minimum absolute atomic E-state index is 0.0165. The van der Waals surface area contributed by atoms with Gasteiger partial charge in [0.2, 0.25) is 0 Å². The van der Waals surface area contributed by atoms with Gasteiger partial charge in [-0.25, -0.2) is 0 Å². The molecule has 4 aliphatic carbocycles. The van der Waals surface area contributed by atoms with Gasteiger partial charge in [-0.2, -0.15) is 0 Å². The standard InChI is InChI=1S/C23H34N2O2/c1-12-20(15(4)26)13(2)25-21(12)22(27)14(3)24-16(5)23-9-17-6-18(10-23)8-19(7-17)11-23/h14,16-19,24-25H,6-11H2,1-5H3/t14-,16-,17?,18?,19?,23?/m0/s1. The first-order chi connectivity index (χ1) is 12.7. The Kier molecular flexibility index (Phi) is 4.61. The number of carbonyl (C=O) groups excluding carboxylic acids is 2. The van der Waals surface area contributed by atoms with E-state index in [1.807, 2.05) is 20.8 Å². The van der Waals surface area contributed by atoms with E-state index >= 15 is 0 Å². The first-order valence-corrected chi connectivity index (χ1v) is 10.7. The molecule has 1 aromatic rings. The number of H-pyrrole nitrogens is 1. The van der Waals surface area contributed by atoms with Crippen LogP contribution >= 0.6 is 0 Å². The number of Topliss-reactive ketones (excluding diaryl/α,β-unsaturated/α-hetero) is 2. The number of rotatable bonds is 6. The summed E-state index contributed by atoms with van der Waals surface area (Å²) in [4.78, 5) is 28.2. The summed E-state index contributed by atoms with van der Waals surface area (Å²) in [7, 11) is 0. The van der Waals surface area contributed by atoms with Crippen LogP contribution in [0.5, 0.6) is 0 Å². The summed E-state index contributed by atoms with van der Waals surface area (Å²) in [5, 5.41) is 3.67. The third-order valence-corrected chi connectivity index (χ3v) is 7.93. The summed E-state index contributed by atoms with van der Waals surface area (Å²) in [5.74, 6) is 2.83. The molecule has 148 valence electrons. The second kappa shape index (κ2) is 6.58. The highest BCUT2D eigenvalue weighted by molar-refractivity contribution is 6.05. The summed E-state index contributed by atoms with van der Waals surface area (Å²) < 4.78 is 0. The maximum atomic E-state index is 13.1. The Hall–Kier alpha value is -1.42. The van der Waals surface area contributed by atoms with Crippen LogP contribution in [0.1, 0.15) is 91.4 Å². The lowest BCUT2D eigenvalue weighted by atomic mass is 9.48. The second-order valence-electron chi connectivity index (χ2n) is 9.94. The van der Waals surface area contributed by atoms with E-state index in [0.717, 1.165) is 29.0 Å². The minimum atomic E-state index is -0.246. The summed E-state index contributed by atoms with van der Waals surface area (Å²) in [6.07, 6.45) is 8.33. The average molecular weight is 371 g/mol. The molecular weight excluding hydrogens is 336 g/mol. The number of carbonyl (C=O) groups is 2. The summed E-state index contributed by atoms with van der Waals surface area (Å²) in [5.41, 5.74) is 3.23. The van der Waals surface area contributed by atoms with Crippen molar-refractivity contribution in [2.24, 2.45) is 23.2 Å². The fourth-order valence-electron chi connectivity index (χ4n) is 7.08. The van der Waals surface area contributed by atoms with Crippen molar-refractivity contribution < 1.29 is 9.59 Å². The van der Waals surface area contributed by atoms with Gasteiger partial charge in [0.05, 0.1) is 11.7 Å². The van der Waals surface area contributed by atoms with Gasteiger partial charge >= 0.3 is 0 Å². The van der Waals surface area contributed by atoms with Gasteiger partial charge in [-0.3, -0.25) is 9.59 Å². The Morgan fingerprint density at radius 3 is 2.00 bits per heavy atom. The Bertz CT molecular complexity index is 740. The van der Waals surface area contributed by atoms with E-state index in [0.29, 0.717) is 22.7 Å². The second-order valence-corrected chi connectivity index (χ2v) is 9.94. The van der Waals surface area contributed by atoms with Crippen LogP contribution in [0.15, 0.2) is 0 Å². The fourth-order valence-corrected chi connectivity index (χ4v) is 7.08. The van der Waals surface area contributed by atoms with Gasteiger partial charge in [-0.05, 0) is 102 Å². The van der Waals surface area contributed by atoms with Crippen LogP contribution in [0.3, 0.4) is 0 Å². The van der Waals surface area contributed by atoms with Gasteiger partial charge in [-0.15, -0.1) is 0 Å². The van der Waals surface area contributed by atoms with Crippen LogP contribution in [-0.2, 0) is 0 Å². The molecule has 4 fully saturated rings. The lowest BCUT2D eigenvalue weighted by Gasteiger charge is -2.59. The van der Waals surface area contributed by atoms with Gasteiger partial charge in [-0.1, -0.05) is 0 Å².